The minimum atomic E-state index is 0.335. The van der Waals surface area contributed by atoms with Gasteiger partial charge in [-0.2, -0.15) is 0 Å². The van der Waals surface area contributed by atoms with Gasteiger partial charge < -0.3 is 0 Å². The van der Waals surface area contributed by atoms with E-state index in [9.17, 15) is 0 Å². The van der Waals surface area contributed by atoms with Crippen LogP contribution in [0.2, 0.25) is 10.3 Å². The molecule has 3 aromatic rings. The maximum atomic E-state index is 6.33. The second-order valence-corrected chi connectivity index (χ2v) is 7.51. The van der Waals surface area contributed by atoms with Crippen LogP contribution >= 0.6 is 66.4 Å². The number of thiophene rings is 1. The highest BCUT2D eigenvalue weighted by Crippen LogP contribution is 2.38. The zero-order chi connectivity index (χ0) is 15.0. The summed E-state index contributed by atoms with van der Waals surface area (Å²) in [4.78, 5) is 9.65. The summed E-state index contributed by atoms with van der Waals surface area (Å²) in [6, 6.07) is 9.61. The third kappa shape index (κ3) is 3.17. The van der Waals surface area contributed by atoms with Crippen molar-refractivity contribution in [2.24, 2.45) is 0 Å². The van der Waals surface area contributed by atoms with E-state index >= 15 is 0 Å². The Morgan fingerprint density at radius 3 is 2.24 bits per heavy atom. The lowest BCUT2D eigenvalue weighted by Gasteiger charge is -2.09. The van der Waals surface area contributed by atoms with Crippen molar-refractivity contribution < 1.29 is 0 Å². The second kappa shape index (κ2) is 6.34. The first-order valence-electron chi connectivity index (χ1n) is 5.78. The summed E-state index contributed by atoms with van der Waals surface area (Å²) >= 11 is 21.1. The van der Waals surface area contributed by atoms with E-state index in [1.165, 1.54) is 11.3 Å². The molecule has 0 spiro atoms. The summed E-state index contributed by atoms with van der Waals surface area (Å²) in [5.41, 5.74) is 1.50. The number of benzene rings is 1. The molecule has 0 amide bonds. The molecule has 0 aliphatic heterocycles. The Morgan fingerprint density at radius 2 is 1.67 bits per heavy atom. The van der Waals surface area contributed by atoms with Gasteiger partial charge in [-0.3, -0.25) is 0 Å². The Balaban J connectivity index is 2.15. The van der Waals surface area contributed by atoms with Gasteiger partial charge in [-0.15, -0.1) is 11.3 Å². The van der Waals surface area contributed by atoms with Crippen molar-refractivity contribution in [3.8, 4) is 21.8 Å². The average Bonchev–Trinajstić information content (AvgIpc) is 2.87. The van der Waals surface area contributed by atoms with E-state index in [2.05, 4.69) is 41.8 Å². The molecule has 21 heavy (non-hydrogen) atoms. The summed E-state index contributed by atoms with van der Waals surface area (Å²) in [5, 5.41) is 2.63. The molecule has 2 heterocycles. The van der Waals surface area contributed by atoms with Gasteiger partial charge in [0.25, 0.3) is 0 Å². The molecule has 0 saturated heterocycles. The molecule has 0 N–H and O–H groups in total. The van der Waals surface area contributed by atoms with Gasteiger partial charge in [0.05, 0.1) is 10.4 Å². The van der Waals surface area contributed by atoms with Gasteiger partial charge in [-0.25, -0.2) is 9.97 Å². The predicted molar refractivity (Wildman–Crippen MR) is 96.2 cm³/mol. The quantitative estimate of drug-likeness (QED) is 0.394. The molecule has 0 saturated carbocycles. The van der Waals surface area contributed by atoms with Crippen molar-refractivity contribution in [1.82, 2.24) is 9.97 Å². The Bertz CT molecular complexity index is 797. The maximum absolute atomic E-state index is 6.33. The van der Waals surface area contributed by atoms with Gasteiger partial charge in [-0.1, -0.05) is 57.3 Å². The average molecular weight is 465 g/mol. The van der Waals surface area contributed by atoms with Crippen LogP contribution in [-0.2, 0) is 0 Å². The summed E-state index contributed by atoms with van der Waals surface area (Å²) in [7, 11) is 0. The van der Waals surface area contributed by atoms with E-state index in [1.807, 2.05) is 35.7 Å². The van der Waals surface area contributed by atoms with Crippen molar-refractivity contribution >= 4 is 66.4 Å². The number of halogens is 4. The first kappa shape index (κ1) is 15.4. The van der Waals surface area contributed by atoms with Crippen LogP contribution in [0.5, 0.6) is 0 Å². The van der Waals surface area contributed by atoms with Crippen LogP contribution in [0, 0.1) is 0 Å². The molecular formula is C14H6Br2Cl2N2S. The smallest absolute Gasteiger partial charge is 0.172 e. The van der Waals surface area contributed by atoms with Crippen molar-refractivity contribution in [2.75, 3.05) is 0 Å². The van der Waals surface area contributed by atoms with Crippen LogP contribution < -0.4 is 0 Å². The molecule has 0 bridgehead atoms. The monoisotopic (exact) mass is 462 g/mol. The zero-order valence-electron chi connectivity index (χ0n) is 10.3. The summed E-state index contributed by atoms with van der Waals surface area (Å²) in [5.74, 6) is 0.525. The normalized spacial score (nSPS) is 10.9. The zero-order valence-corrected chi connectivity index (χ0v) is 15.8. The lowest BCUT2D eigenvalue weighted by atomic mass is 10.1. The highest BCUT2D eigenvalue weighted by Gasteiger charge is 2.17. The maximum Gasteiger partial charge on any atom is 0.172 e. The van der Waals surface area contributed by atoms with Crippen LogP contribution in [0.3, 0.4) is 0 Å². The van der Waals surface area contributed by atoms with Crippen molar-refractivity contribution in [3.63, 3.8) is 0 Å². The molecule has 0 radical (unpaired) electrons. The van der Waals surface area contributed by atoms with Gasteiger partial charge >= 0.3 is 0 Å². The van der Waals surface area contributed by atoms with E-state index in [-0.39, 0.29) is 0 Å². The molecule has 0 unspecified atom stereocenters. The fraction of sp³-hybridized carbons (Fsp3) is 0. The predicted octanol–water partition coefficient (Wildman–Crippen LogP) is 6.70. The third-order valence-corrected chi connectivity index (χ3v) is 5.68. The lowest BCUT2D eigenvalue weighted by Crippen LogP contribution is -1.94. The minimum Gasteiger partial charge on any atom is -0.215 e. The van der Waals surface area contributed by atoms with Crippen LogP contribution in [0.25, 0.3) is 21.8 Å². The molecular weight excluding hydrogens is 459 g/mol. The van der Waals surface area contributed by atoms with E-state index in [0.717, 1.165) is 19.4 Å². The number of nitrogens with zero attached hydrogens (tertiary/aromatic N) is 2. The summed E-state index contributed by atoms with van der Waals surface area (Å²) in [6.45, 7) is 0. The van der Waals surface area contributed by atoms with Gasteiger partial charge in [0.15, 0.2) is 5.82 Å². The van der Waals surface area contributed by atoms with Crippen LogP contribution in [0.1, 0.15) is 0 Å². The number of aromatic nitrogens is 2. The fourth-order valence-electron chi connectivity index (χ4n) is 1.83. The van der Waals surface area contributed by atoms with Crippen molar-refractivity contribution in [2.45, 2.75) is 0 Å². The van der Waals surface area contributed by atoms with E-state index in [0.29, 0.717) is 21.7 Å². The second-order valence-electron chi connectivity index (χ2n) is 4.11. The van der Waals surface area contributed by atoms with Gasteiger partial charge in [0.1, 0.15) is 10.3 Å². The van der Waals surface area contributed by atoms with E-state index < -0.39 is 0 Å². The topological polar surface area (TPSA) is 25.8 Å². The van der Waals surface area contributed by atoms with Crippen LogP contribution in [-0.4, -0.2) is 9.97 Å². The first-order chi connectivity index (χ1) is 10.1. The Labute approximate surface area is 152 Å². The molecule has 0 aliphatic carbocycles. The number of hydrogen-bond donors (Lipinski definition) is 0. The SMILES string of the molecule is Clc1nc(-c2cc(Br)cs2)nc(Cl)c1-c1ccccc1Br. The van der Waals surface area contributed by atoms with Gasteiger partial charge in [0.2, 0.25) is 0 Å². The highest BCUT2D eigenvalue weighted by molar-refractivity contribution is 9.10. The van der Waals surface area contributed by atoms with Crippen molar-refractivity contribution in [1.29, 1.82) is 0 Å². The molecule has 2 nitrogen and oxygen atoms in total. The number of rotatable bonds is 2. The van der Waals surface area contributed by atoms with Gasteiger partial charge in [0, 0.05) is 19.9 Å². The minimum absolute atomic E-state index is 0.335. The van der Waals surface area contributed by atoms with Crippen LogP contribution in [0.15, 0.2) is 44.7 Å². The molecule has 1 aromatic carbocycles. The molecule has 7 heteroatoms. The van der Waals surface area contributed by atoms with E-state index in [1.54, 1.807) is 0 Å². The Morgan fingerprint density at radius 1 is 1.00 bits per heavy atom. The Hall–Kier alpha value is -0.460. The van der Waals surface area contributed by atoms with Crippen molar-refractivity contribution in [3.05, 3.63) is 55.0 Å². The van der Waals surface area contributed by atoms with Crippen LogP contribution in [0.4, 0.5) is 0 Å². The molecule has 0 aliphatic rings. The molecule has 2 aromatic heterocycles. The van der Waals surface area contributed by atoms with Gasteiger partial charge in [-0.05, 0) is 28.1 Å². The summed E-state index contributed by atoms with van der Waals surface area (Å²) < 4.78 is 1.87. The molecule has 0 atom stereocenters. The molecule has 3 rings (SSSR count). The number of hydrogen-bond acceptors (Lipinski definition) is 3. The lowest BCUT2D eigenvalue weighted by molar-refractivity contribution is 1.19. The fourth-order valence-corrected chi connectivity index (χ4v) is 4.27. The van der Waals surface area contributed by atoms with E-state index in [4.69, 9.17) is 23.2 Å². The first-order valence-corrected chi connectivity index (χ1v) is 9.01. The molecule has 0 fully saturated rings. The third-order valence-electron chi connectivity index (χ3n) is 2.75. The molecule has 106 valence electrons. The standard InChI is InChI=1S/C14H6Br2Cl2N2S/c15-7-5-10(21-6-7)14-19-12(17)11(13(18)20-14)8-3-1-2-4-9(8)16/h1-6H. The summed E-state index contributed by atoms with van der Waals surface area (Å²) in [6.07, 6.45) is 0. The largest absolute Gasteiger partial charge is 0.215 e. The highest BCUT2D eigenvalue weighted by atomic mass is 79.9. The Kier molecular flexibility index (Phi) is 4.66.